The quantitative estimate of drug-likeness (QED) is 0.471. The fourth-order valence-corrected chi connectivity index (χ4v) is 4.52. The number of nitrogens with zero attached hydrogens (tertiary/aromatic N) is 2. The Morgan fingerprint density at radius 3 is 2.71 bits per heavy atom. The number of carbonyl (C=O) groups is 3. The number of allylic oxidation sites excluding steroid dienone is 4. The normalized spacial score (nSPS) is 19.6. The van der Waals surface area contributed by atoms with Crippen LogP contribution in [-0.4, -0.2) is 55.4 Å². The predicted octanol–water partition coefficient (Wildman–Crippen LogP) is 3.37. The lowest BCUT2D eigenvalue weighted by molar-refractivity contribution is -0.417. The summed E-state index contributed by atoms with van der Waals surface area (Å²) in [6.07, 6.45) is 14.7. The van der Waals surface area contributed by atoms with Crippen molar-refractivity contribution in [3.05, 3.63) is 54.2 Å². The summed E-state index contributed by atoms with van der Waals surface area (Å²) in [5.41, 5.74) is 2.23. The molecule has 2 aliphatic carbocycles. The van der Waals surface area contributed by atoms with Crippen LogP contribution in [0.15, 0.2) is 54.2 Å². The highest BCUT2D eigenvalue weighted by Gasteiger charge is 2.48. The van der Waals surface area contributed by atoms with Crippen molar-refractivity contribution < 1.29 is 28.4 Å². The smallest absolute Gasteiger partial charge is 0.493 e. The molecule has 4 amide bonds. The number of carbonyl (C=O) groups excluding carboxylic acids is 3. The minimum atomic E-state index is -0.656. The Bertz CT molecular complexity index is 1120. The average Bonchev–Trinajstić information content (AvgIpc) is 2.87. The fraction of sp³-hybridized carbons (Fsp3) is 0.385. The van der Waals surface area contributed by atoms with Crippen LogP contribution in [0.3, 0.4) is 0 Å². The number of ether oxygens (including phenoxy) is 2. The van der Waals surface area contributed by atoms with Crippen LogP contribution in [0, 0.1) is 5.92 Å². The summed E-state index contributed by atoms with van der Waals surface area (Å²) in [4.78, 5) is 40.6. The third-order valence-electron chi connectivity index (χ3n) is 6.30. The van der Waals surface area contributed by atoms with E-state index >= 15 is 0 Å². The lowest BCUT2D eigenvalue weighted by atomic mass is 9.94. The van der Waals surface area contributed by atoms with Crippen molar-refractivity contribution in [2.24, 2.45) is 5.92 Å². The van der Waals surface area contributed by atoms with E-state index in [9.17, 15) is 14.4 Å². The van der Waals surface area contributed by atoms with Crippen LogP contribution in [-0.2, 0) is 9.59 Å². The molecule has 0 spiro atoms. The Hall–Kier alpha value is -3.68. The van der Waals surface area contributed by atoms with E-state index in [-0.39, 0.29) is 18.4 Å². The number of benzene rings is 1. The van der Waals surface area contributed by atoms with Gasteiger partial charge in [0.05, 0.1) is 14.2 Å². The maximum atomic E-state index is 13.5. The second-order valence-electron chi connectivity index (χ2n) is 8.44. The molecule has 1 unspecified atom stereocenters. The molecule has 178 valence electrons. The van der Waals surface area contributed by atoms with E-state index in [1.54, 1.807) is 42.5 Å². The topological polar surface area (TPSA) is 88.0 Å². The highest BCUT2D eigenvalue weighted by molar-refractivity contribution is 6.26. The van der Waals surface area contributed by atoms with Gasteiger partial charge in [0, 0.05) is 12.6 Å². The zero-order chi connectivity index (χ0) is 24.1. The molecular formula is C26H30N3O5+. The summed E-state index contributed by atoms with van der Waals surface area (Å²) in [5.74, 6) is -0.415. The fourth-order valence-electron chi connectivity index (χ4n) is 4.52. The van der Waals surface area contributed by atoms with Crippen LogP contribution in [0.2, 0.25) is 0 Å². The van der Waals surface area contributed by atoms with Gasteiger partial charge in [0.1, 0.15) is 17.3 Å². The molecule has 1 heterocycles. The van der Waals surface area contributed by atoms with E-state index < -0.39 is 11.9 Å². The molecule has 1 N–H and O–H groups in total. The van der Waals surface area contributed by atoms with Crippen LogP contribution in [0.25, 0.3) is 0 Å². The molecule has 4 rings (SSSR count). The Morgan fingerprint density at radius 1 is 1.15 bits per heavy atom. The second kappa shape index (κ2) is 10.5. The molecule has 1 atom stereocenters. The Balaban J connectivity index is 1.56. The van der Waals surface area contributed by atoms with Gasteiger partial charge in [-0.25, -0.2) is 4.79 Å². The number of rotatable bonds is 8. The van der Waals surface area contributed by atoms with Gasteiger partial charge in [-0.15, -0.1) is 4.90 Å². The molecule has 1 aromatic rings. The van der Waals surface area contributed by atoms with Crippen molar-refractivity contribution in [3.8, 4) is 11.5 Å². The maximum absolute atomic E-state index is 13.5. The average molecular weight is 465 g/mol. The van der Waals surface area contributed by atoms with Crippen LogP contribution in [0.5, 0.6) is 11.5 Å². The number of amides is 4. The summed E-state index contributed by atoms with van der Waals surface area (Å²) >= 11 is 0. The van der Waals surface area contributed by atoms with E-state index in [1.807, 2.05) is 0 Å². The van der Waals surface area contributed by atoms with E-state index in [0.29, 0.717) is 29.4 Å². The first kappa shape index (κ1) is 23.5. The summed E-state index contributed by atoms with van der Waals surface area (Å²) in [5, 5.41) is 2.92. The third-order valence-corrected chi connectivity index (χ3v) is 6.30. The van der Waals surface area contributed by atoms with Crippen molar-refractivity contribution in [1.82, 2.24) is 5.32 Å². The van der Waals surface area contributed by atoms with Gasteiger partial charge in [-0.3, -0.25) is 4.79 Å². The molecular weight excluding hydrogens is 434 g/mol. The minimum Gasteiger partial charge on any atom is -0.493 e. The number of hydrogen-bond donors (Lipinski definition) is 1. The molecule has 0 saturated carbocycles. The number of hydrogen-bond acceptors (Lipinski definition) is 5. The molecule has 0 fully saturated rings. The highest BCUT2D eigenvalue weighted by atomic mass is 16.5. The summed E-state index contributed by atoms with van der Waals surface area (Å²) in [6, 6.07) is 4.27. The van der Waals surface area contributed by atoms with Crippen LogP contribution >= 0.6 is 0 Å². The Morgan fingerprint density at radius 2 is 1.97 bits per heavy atom. The Labute approximate surface area is 199 Å². The van der Waals surface area contributed by atoms with Crippen molar-refractivity contribution in [1.29, 1.82) is 0 Å². The zero-order valence-electron chi connectivity index (χ0n) is 19.6. The summed E-state index contributed by atoms with van der Waals surface area (Å²) < 4.78 is 12.0. The van der Waals surface area contributed by atoms with Gasteiger partial charge in [0.25, 0.3) is 5.91 Å². The van der Waals surface area contributed by atoms with Crippen LogP contribution in [0.4, 0.5) is 10.5 Å². The lowest BCUT2D eigenvalue weighted by Crippen LogP contribution is -2.56. The van der Waals surface area contributed by atoms with Crippen molar-refractivity contribution in [3.63, 3.8) is 0 Å². The molecule has 1 aliphatic heterocycles. The van der Waals surface area contributed by atoms with Gasteiger partial charge in [-0.1, -0.05) is 29.9 Å². The minimum absolute atomic E-state index is 0.168. The zero-order valence-corrected chi connectivity index (χ0v) is 19.6. The summed E-state index contributed by atoms with van der Waals surface area (Å²) in [7, 11) is 3.00. The number of anilines is 1. The molecule has 0 saturated heterocycles. The maximum Gasteiger partial charge on any atom is 0.506 e. The van der Waals surface area contributed by atoms with Gasteiger partial charge < -0.3 is 14.8 Å². The molecule has 0 radical (unpaired) electrons. The van der Waals surface area contributed by atoms with Crippen molar-refractivity contribution in [2.75, 3.05) is 32.2 Å². The van der Waals surface area contributed by atoms with Crippen molar-refractivity contribution >= 4 is 29.2 Å². The van der Waals surface area contributed by atoms with E-state index in [0.717, 1.165) is 24.2 Å². The number of nitrogens with one attached hydrogen (secondary N) is 1. The van der Waals surface area contributed by atoms with Crippen LogP contribution in [0.1, 0.15) is 32.1 Å². The number of fused-ring (bicyclic) bond motifs is 1. The largest absolute Gasteiger partial charge is 0.506 e. The second-order valence-corrected chi connectivity index (χ2v) is 8.44. The third kappa shape index (κ3) is 4.81. The molecule has 3 aliphatic rings. The molecule has 0 bridgehead atoms. The van der Waals surface area contributed by atoms with Gasteiger partial charge >= 0.3 is 11.9 Å². The SMILES string of the molecule is COc1ccc(N2C(=O)C3C=CC=CC3=[N+](CC(=O)NCCC3=CCCCC3)C2=O)cc1OC. The number of urea groups is 1. The molecule has 0 aromatic heterocycles. The van der Waals surface area contributed by atoms with Gasteiger partial charge in [-0.2, -0.15) is 9.37 Å². The first-order valence-corrected chi connectivity index (χ1v) is 11.6. The van der Waals surface area contributed by atoms with E-state index in [4.69, 9.17) is 9.47 Å². The highest BCUT2D eigenvalue weighted by Crippen LogP contribution is 2.34. The Kier molecular flexibility index (Phi) is 7.25. The standard InChI is InChI=1S/C26H29N3O5/c1-33-22-13-12-19(16-23(22)34-2)29-25(31)20-10-6-7-11-21(20)28(26(29)32)17-24(30)27-15-14-18-8-4-3-5-9-18/h6-8,10-13,16,20H,3-5,9,14-15,17H2,1-2H3/p+1. The predicted molar refractivity (Wildman–Crippen MR) is 129 cm³/mol. The monoisotopic (exact) mass is 464 g/mol. The van der Waals surface area contributed by atoms with E-state index in [1.165, 1.54) is 37.2 Å². The van der Waals surface area contributed by atoms with Gasteiger partial charge in [0.15, 0.2) is 18.0 Å². The first-order chi connectivity index (χ1) is 16.5. The number of imide groups is 1. The van der Waals surface area contributed by atoms with Gasteiger partial charge in [-0.05, 0) is 50.3 Å². The molecule has 34 heavy (non-hydrogen) atoms. The van der Waals surface area contributed by atoms with Crippen molar-refractivity contribution in [2.45, 2.75) is 32.1 Å². The van der Waals surface area contributed by atoms with Gasteiger partial charge in [0.2, 0.25) is 0 Å². The summed E-state index contributed by atoms with van der Waals surface area (Å²) in [6.45, 7) is 0.360. The number of methoxy groups -OCH3 is 2. The molecule has 8 nitrogen and oxygen atoms in total. The molecule has 8 heteroatoms. The molecule has 1 aromatic carbocycles. The van der Waals surface area contributed by atoms with Crippen LogP contribution < -0.4 is 19.7 Å². The lowest BCUT2D eigenvalue weighted by Gasteiger charge is -2.26. The van der Waals surface area contributed by atoms with E-state index in [2.05, 4.69) is 11.4 Å². The first-order valence-electron chi connectivity index (χ1n) is 11.6.